The Kier molecular flexibility index (Phi) is 3.83. The van der Waals surface area contributed by atoms with Gasteiger partial charge in [0.2, 0.25) is 0 Å². The van der Waals surface area contributed by atoms with Crippen LogP contribution in [0.5, 0.6) is 5.75 Å². The maximum absolute atomic E-state index is 11.9. The van der Waals surface area contributed by atoms with Crippen LogP contribution in [0.3, 0.4) is 0 Å². The lowest BCUT2D eigenvalue weighted by atomic mass is 10.1. The molecule has 0 aliphatic carbocycles. The van der Waals surface area contributed by atoms with Crippen molar-refractivity contribution in [2.24, 2.45) is 0 Å². The van der Waals surface area contributed by atoms with Gasteiger partial charge in [0.25, 0.3) is 0 Å². The molecule has 0 saturated heterocycles. The van der Waals surface area contributed by atoms with Crippen LogP contribution in [0.1, 0.15) is 18.6 Å². The topological polar surface area (TPSA) is 29.5 Å². The monoisotopic (exact) mass is 266 g/mol. The Bertz CT molecular complexity index is 316. The fraction of sp³-hybridized carbons (Fsp3) is 0.333. The molecule has 0 radical (unpaired) electrons. The molecular formula is C9H9BrF2O2. The second-order valence-corrected chi connectivity index (χ2v) is 3.51. The van der Waals surface area contributed by atoms with E-state index < -0.39 is 12.7 Å². The van der Waals surface area contributed by atoms with Gasteiger partial charge in [-0.15, -0.1) is 0 Å². The van der Waals surface area contributed by atoms with E-state index in [2.05, 4.69) is 20.7 Å². The summed E-state index contributed by atoms with van der Waals surface area (Å²) < 4.78 is 28.5. The average Bonchev–Trinajstić information content (AvgIpc) is 2.07. The van der Waals surface area contributed by atoms with Crippen molar-refractivity contribution in [1.29, 1.82) is 0 Å². The normalized spacial score (nSPS) is 13.0. The molecule has 1 N–H and O–H groups in total. The third-order valence-corrected chi connectivity index (χ3v) is 2.51. The zero-order valence-corrected chi connectivity index (χ0v) is 8.96. The highest BCUT2D eigenvalue weighted by Crippen LogP contribution is 2.32. The summed E-state index contributed by atoms with van der Waals surface area (Å²) in [4.78, 5) is 0. The van der Waals surface area contributed by atoms with Gasteiger partial charge in [0.1, 0.15) is 5.75 Å². The van der Waals surface area contributed by atoms with Crippen molar-refractivity contribution in [3.05, 3.63) is 28.2 Å². The zero-order valence-electron chi connectivity index (χ0n) is 7.38. The molecule has 0 fully saturated rings. The smallest absolute Gasteiger partial charge is 0.387 e. The van der Waals surface area contributed by atoms with E-state index in [1.54, 1.807) is 19.1 Å². The van der Waals surface area contributed by atoms with E-state index in [4.69, 9.17) is 0 Å². The predicted molar refractivity (Wildman–Crippen MR) is 51.4 cm³/mol. The summed E-state index contributed by atoms with van der Waals surface area (Å²) in [5.41, 5.74) is 0.517. The maximum atomic E-state index is 11.9. The van der Waals surface area contributed by atoms with E-state index >= 15 is 0 Å². The molecule has 5 heteroatoms. The van der Waals surface area contributed by atoms with Crippen molar-refractivity contribution >= 4 is 15.9 Å². The second kappa shape index (κ2) is 4.70. The lowest BCUT2D eigenvalue weighted by molar-refractivity contribution is -0.0505. The maximum Gasteiger partial charge on any atom is 0.387 e. The fourth-order valence-electron chi connectivity index (χ4n) is 1.04. The molecule has 1 rings (SSSR count). The number of aliphatic hydroxyl groups is 1. The van der Waals surface area contributed by atoms with Crippen LogP contribution in [0, 0.1) is 0 Å². The first-order valence-electron chi connectivity index (χ1n) is 3.93. The van der Waals surface area contributed by atoms with Crippen molar-refractivity contribution in [1.82, 2.24) is 0 Å². The first-order chi connectivity index (χ1) is 6.52. The molecule has 0 saturated carbocycles. The Morgan fingerprint density at radius 2 is 2.07 bits per heavy atom. The van der Waals surface area contributed by atoms with Gasteiger partial charge in [-0.2, -0.15) is 8.78 Å². The molecule has 0 amide bonds. The van der Waals surface area contributed by atoms with Gasteiger partial charge in [0, 0.05) is 0 Å². The summed E-state index contributed by atoms with van der Waals surface area (Å²) in [6.07, 6.45) is -0.731. The van der Waals surface area contributed by atoms with Crippen LogP contribution in [0.2, 0.25) is 0 Å². The summed E-state index contributed by atoms with van der Waals surface area (Å²) in [7, 11) is 0. The highest BCUT2D eigenvalue weighted by Gasteiger charge is 2.13. The van der Waals surface area contributed by atoms with E-state index in [0.717, 1.165) is 0 Å². The second-order valence-electron chi connectivity index (χ2n) is 2.71. The van der Waals surface area contributed by atoms with Gasteiger partial charge in [-0.3, -0.25) is 0 Å². The first-order valence-corrected chi connectivity index (χ1v) is 4.73. The number of aliphatic hydroxyl groups excluding tert-OH is 1. The summed E-state index contributed by atoms with van der Waals surface area (Å²) in [6, 6.07) is 4.58. The molecule has 0 heterocycles. The van der Waals surface area contributed by atoms with Crippen LogP contribution >= 0.6 is 15.9 Å². The van der Waals surface area contributed by atoms with Crippen LogP contribution in [0.4, 0.5) is 8.78 Å². The minimum atomic E-state index is -2.87. The molecule has 0 bridgehead atoms. The number of hydrogen-bond donors (Lipinski definition) is 1. The predicted octanol–water partition coefficient (Wildman–Crippen LogP) is 3.10. The van der Waals surface area contributed by atoms with Gasteiger partial charge in [-0.1, -0.05) is 12.1 Å². The van der Waals surface area contributed by atoms with E-state index in [-0.39, 0.29) is 5.75 Å². The molecule has 0 unspecified atom stereocenters. The third kappa shape index (κ3) is 2.65. The molecule has 1 aromatic rings. The van der Waals surface area contributed by atoms with Crippen LogP contribution in [-0.4, -0.2) is 11.7 Å². The summed E-state index contributed by atoms with van der Waals surface area (Å²) in [6.45, 7) is -1.32. The Balaban J connectivity index is 3.01. The van der Waals surface area contributed by atoms with Gasteiger partial charge >= 0.3 is 6.61 Å². The SMILES string of the molecule is C[C@@H](O)c1cccc(OC(F)F)c1Br. The Morgan fingerprint density at radius 3 is 2.57 bits per heavy atom. The van der Waals surface area contributed by atoms with Gasteiger partial charge in [0.05, 0.1) is 10.6 Å². The molecule has 2 nitrogen and oxygen atoms in total. The molecule has 0 spiro atoms. The first kappa shape index (κ1) is 11.4. The van der Waals surface area contributed by atoms with Crippen molar-refractivity contribution in [3.63, 3.8) is 0 Å². The largest absolute Gasteiger partial charge is 0.434 e. The summed E-state index contributed by atoms with van der Waals surface area (Å²) >= 11 is 3.09. The minimum Gasteiger partial charge on any atom is -0.434 e. The number of ether oxygens (including phenoxy) is 1. The summed E-state index contributed by atoms with van der Waals surface area (Å²) in [5.74, 6) is 0.0263. The third-order valence-electron chi connectivity index (χ3n) is 1.66. The standard InChI is InChI=1S/C9H9BrF2O2/c1-5(13)6-3-2-4-7(8(6)10)14-9(11)12/h2-5,9,13H,1H3/t5-/m1/s1. The van der Waals surface area contributed by atoms with Crippen LogP contribution < -0.4 is 4.74 Å². The number of alkyl halides is 2. The van der Waals surface area contributed by atoms with E-state index in [0.29, 0.717) is 10.0 Å². The highest BCUT2D eigenvalue weighted by molar-refractivity contribution is 9.10. The molecular weight excluding hydrogens is 258 g/mol. The molecule has 0 aromatic heterocycles. The lowest BCUT2D eigenvalue weighted by Crippen LogP contribution is -2.04. The van der Waals surface area contributed by atoms with Crippen LogP contribution in [0.25, 0.3) is 0 Å². The van der Waals surface area contributed by atoms with Gasteiger partial charge < -0.3 is 9.84 Å². The fourth-order valence-corrected chi connectivity index (χ4v) is 1.73. The Hall–Kier alpha value is -0.680. The number of hydrogen-bond acceptors (Lipinski definition) is 2. The number of halogens is 3. The van der Waals surface area contributed by atoms with Crippen molar-refractivity contribution in [3.8, 4) is 5.75 Å². The quantitative estimate of drug-likeness (QED) is 0.911. The molecule has 1 aromatic carbocycles. The number of benzene rings is 1. The van der Waals surface area contributed by atoms with Crippen molar-refractivity contribution in [2.45, 2.75) is 19.6 Å². The highest BCUT2D eigenvalue weighted by atomic mass is 79.9. The van der Waals surface area contributed by atoms with Crippen molar-refractivity contribution in [2.75, 3.05) is 0 Å². The van der Waals surface area contributed by atoms with Gasteiger partial charge in [0.15, 0.2) is 0 Å². The van der Waals surface area contributed by atoms with E-state index in [1.165, 1.54) is 6.07 Å². The molecule has 0 aliphatic rings. The minimum absolute atomic E-state index is 0.0263. The molecule has 14 heavy (non-hydrogen) atoms. The number of rotatable bonds is 3. The van der Waals surface area contributed by atoms with Gasteiger partial charge in [-0.25, -0.2) is 0 Å². The summed E-state index contributed by atoms with van der Waals surface area (Å²) in [5, 5.41) is 9.29. The zero-order chi connectivity index (χ0) is 10.7. The average molecular weight is 267 g/mol. The Morgan fingerprint density at radius 1 is 1.43 bits per heavy atom. The molecule has 0 aliphatic heterocycles. The lowest BCUT2D eigenvalue weighted by Gasteiger charge is -2.12. The molecule has 78 valence electrons. The molecule has 1 atom stereocenters. The van der Waals surface area contributed by atoms with Crippen LogP contribution in [0.15, 0.2) is 22.7 Å². The van der Waals surface area contributed by atoms with Crippen molar-refractivity contribution < 1.29 is 18.6 Å². The van der Waals surface area contributed by atoms with E-state index in [1.807, 2.05) is 0 Å². The van der Waals surface area contributed by atoms with Crippen LogP contribution in [-0.2, 0) is 0 Å². The van der Waals surface area contributed by atoms with Gasteiger partial charge in [-0.05, 0) is 34.5 Å². The Labute approximate surface area is 88.6 Å². The van der Waals surface area contributed by atoms with E-state index in [9.17, 15) is 13.9 Å².